The molecule has 13 heteroatoms. The van der Waals surface area contributed by atoms with Gasteiger partial charge in [-0.15, -0.1) is 10.8 Å². The number of amides is 2. The number of carbonyl (C=O) groups is 2. The van der Waals surface area contributed by atoms with E-state index in [1.54, 1.807) is 29.6 Å². The lowest BCUT2D eigenvalue weighted by molar-refractivity contribution is -0.120. The number of piperazine rings is 1. The van der Waals surface area contributed by atoms with E-state index in [1.807, 2.05) is 0 Å². The second-order valence-electron chi connectivity index (χ2n) is 12.1. The van der Waals surface area contributed by atoms with E-state index in [2.05, 4.69) is 16.0 Å². The summed E-state index contributed by atoms with van der Waals surface area (Å²) in [4.78, 5) is 26.1. The van der Waals surface area contributed by atoms with Crippen LogP contribution in [0.3, 0.4) is 0 Å². The standard InChI is InChI=1S/C31H42F2N4O6S/c1-43-24-13-15-31(16-14-24,20-7-9-21(32)10-8-20)28(36-30(39)40)29(38)35-27-6-2-5-26(33)25(27)12-11-23-18-34-22-4-3-17-44(41,42)37(23)19-22/h2,5-10,22-24,28,34,36,41-42H,3-4,11-19H2,1H3,(H,35,38)(H,39,40)/t22-,23+,24?,28-,31?/m1/s1. The van der Waals surface area contributed by atoms with E-state index < -0.39 is 45.9 Å². The van der Waals surface area contributed by atoms with Gasteiger partial charge in [-0.25, -0.2) is 17.9 Å². The fourth-order valence-corrected chi connectivity index (χ4v) is 9.03. The number of methoxy groups -OCH3 is 1. The van der Waals surface area contributed by atoms with E-state index in [1.165, 1.54) is 24.3 Å². The van der Waals surface area contributed by atoms with Gasteiger partial charge in [0.2, 0.25) is 5.91 Å². The first-order chi connectivity index (χ1) is 21.0. The number of benzene rings is 2. The van der Waals surface area contributed by atoms with Crippen LogP contribution in [0, 0.1) is 11.6 Å². The number of fused-ring (bicyclic) bond motifs is 2. The Morgan fingerprint density at radius 3 is 2.55 bits per heavy atom. The molecule has 0 aromatic heterocycles. The number of halogens is 2. The number of carbonyl (C=O) groups excluding carboxylic acids is 1. The third-order valence-corrected chi connectivity index (χ3v) is 11.6. The number of anilines is 1. The Labute approximate surface area is 258 Å². The maximum atomic E-state index is 15.3. The van der Waals surface area contributed by atoms with Gasteiger partial charge in [-0.1, -0.05) is 18.2 Å². The lowest BCUT2D eigenvalue weighted by Gasteiger charge is -2.49. The Morgan fingerprint density at radius 2 is 1.86 bits per heavy atom. The van der Waals surface area contributed by atoms with Crippen LogP contribution in [0.1, 0.15) is 56.1 Å². The first-order valence-corrected chi connectivity index (χ1v) is 16.8. The fraction of sp³-hybridized carbons (Fsp3) is 0.548. The molecule has 2 amide bonds. The smallest absolute Gasteiger partial charge is 0.405 e. The van der Waals surface area contributed by atoms with E-state index >= 15 is 4.39 Å². The highest BCUT2D eigenvalue weighted by atomic mass is 32.3. The van der Waals surface area contributed by atoms with E-state index in [4.69, 9.17) is 4.74 Å². The predicted octanol–water partition coefficient (Wildman–Crippen LogP) is 5.10. The number of ether oxygens (including phenoxy) is 1. The van der Waals surface area contributed by atoms with Gasteiger partial charge in [-0.2, -0.15) is 0 Å². The summed E-state index contributed by atoms with van der Waals surface area (Å²) in [5, 5.41) is 18.5. The van der Waals surface area contributed by atoms with Gasteiger partial charge in [0.1, 0.15) is 17.7 Å². The lowest BCUT2D eigenvalue weighted by atomic mass is 9.64. The van der Waals surface area contributed by atoms with Crippen LogP contribution in [0.4, 0.5) is 19.3 Å². The molecular formula is C31H42F2N4O6S. The molecule has 0 spiro atoms. The first kappa shape index (κ1) is 32.6. The van der Waals surface area contributed by atoms with Crippen LogP contribution in [0.5, 0.6) is 0 Å². The molecule has 0 radical (unpaired) electrons. The minimum Gasteiger partial charge on any atom is -0.465 e. The molecule has 2 heterocycles. The molecule has 2 bridgehead atoms. The van der Waals surface area contributed by atoms with Crippen molar-refractivity contribution in [1.82, 2.24) is 14.9 Å². The number of nitrogens with zero attached hydrogens (tertiary/aromatic N) is 1. The summed E-state index contributed by atoms with van der Waals surface area (Å²) in [6.07, 6.45) is 2.69. The first-order valence-electron chi connectivity index (χ1n) is 15.1. The minimum atomic E-state index is -2.93. The largest absolute Gasteiger partial charge is 0.465 e. The van der Waals surface area contributed by atoms with E-state index in [0.717, 1.165) is 6.42 Å². The van der Waals surface area contributed by atoms with Crippen LogP contribution in [0.15, 0.2) is 42.5 Å². The van der Waals surface area contributed by atoms with Crippen molar-refractivity contribution < 1.29 is 37.3 Å². The minimum absolute atomic E-state index is 0.0564. The molecule has 6 N–H and O–H groups in total. The van der Waals surface area contributed by atoms with E-state index in [9.17, 15) is 28.2 Å². The summed E-state index contributed by atoms with van der Waals surface area (Å²) in [5.41, 5.74) is 0.101. The van der Waals surface area contributed by atoms with Gasteiger partial charge < -0.3 is 25.8 Å². The Kier molecular flexibility index (Phi) is 10.1. The third-order valence-electron chi connectivity index (χ3n) is 9.56. The average Bonchev–Trinajstić information content (AvgIpc) is 3.11. The van der Waals surface area contributed by atoms with Crippen molar-refractivity contribution in [3.63, 3.8) is 0 Å². The van der Waals surface area contributed by atoms with Crippen molar-refractivity contribution in [1.29, 1.82) is 0 Å². The molecule has 10 nitrogen and oxygen atoms in total. The Morgan fingerprint density at radius 1 is 1.14 bits per heavy atom. The molecule has 2 aromatic carbocycles. The molecule has 5 rings (SSSR count). The van der Waals surface area contributed by atoms with Gasteiger partial charge in [0, 0.05) is 48.9 Å². The molecule has 242 valence electrons. The summed E-state index contributed by atoms with van der Waals surface area (Å²) < 4.78 is 58.1. The molecule has 1 saturated carbocycles. The maximum Gasteiger partial charge on any atom is 0.405 e. The zero-order chi connectivity index (χ0) is 31.5. The van der Waals surface area contributed by atoms with Crippen LogP contribution in [-0.2, 0) is 21.4 Å². The molecular weight excluding hydrogens is 594 g/mol. The van der Waals surface area contributed by atoms with Crippen LogP contribution in [0.2, 0.25) is 0 Å². The van der Waals surface area contributed by atoms with Gasteiger partial charge in [-0.3, -0.25) is 13.9 Å². The molecule has 4 atom stereocenters. The van der Waals surface area contributed by atoms with Gasteiger partial charge in [0.15, 0.2) is 0 Å². The summed E-state index contributed by atoms with van der Waals surface area (Å²) in [6.45, 7) is 1.04. The summed E-state index contributed by atoms with van der Waals surface area (Å²) in [6, 6.07) is 8.78. The molecule has 1 unspecified atom stereocenters. The zero-order valence-electron chi connectivity index (χ0n) is 24.8. The highest BCUT2D eigenvalue weighted by Crippen LogP contribution is 2.49. The highest BCUT2D eigenvalue weighted by Gasteiger charge is 2.48. The monoisotopic (exact) mass is 636 g/mol. The molecule has 3 aliphatic rings. The lowest BCUT2D eigenvalue weighted by Crippen LogP contribution is -2.58. The number of hydrogen-bond acceptors (Lipinski definition) is 7. The van der Waals surface area contributed by atoms with Crippen LogP contribution in [-0.4, -0.2) is 80.7 Å². The summed E-state index contributed by atoms with van der Waals surface area (Å²) >= 11 is 0. The Hall–Kier alpha value is -2.81. The molecule has 2 aromatic rings. The molecule has 44 heavy (non-hydrogen) atoms. The predicted molar refractivity (Wildman–Crippen MR) is 165 cm³/mol. The van der Waals surface area contributed by atoms with E-state index in [0.29, 0.717) is 62.9 Å². The second-order valence-corrected chi connectivity index (χ2v) is 14.3. The summed E-state index contributed by atoms with van der Waals surface area (Å²) in [7, 11) is -1.32. The summed E-state index contributed by atoms with van der Waals surface area (Å²) in [5.74, 6) is -1.32. The van der Waals surface area contributed by atoms with Crippen molar-refractivity contribution in [2.75, 3.05) is 31.3 Å². The van der Waals surface area contributed by atoms with Crippen molar-refractivity contribution in [2.45, 2.75) is 81.0 Å². The van der Waals surface area contributed by atoms with Crippen molar-refractivity contribution in [3.8, 4) is 0 Å². The second kappa shape index (κ2) is 13.7. The van der Waals surface area contributed by atoms with Crippen LogP contribution in [0.25, 0.3) is 0 Å². The van der Waals surface area contributed by atoms with Gasteiger partial charge >= 0.3 is 6.09 Å². The average molecular weight is 637 g/mol. The van der Waals surface area contributed by atoms with Crippen LogP contribution < -0.4 is 16.0 Å². The Bertz CT molecular complexity index is 1320. The number of rotatable bonds is 9. The number of nitrogens with one attached hydrogen (secondary N) is 3. The van der Waals surface area contributed by atoms with Gasteiger partial charge in [0.05, 0.1) is 11.9 Å². The van der Waals surface area contributed by atoms with Gasteiger partial charge in [0.25, 0.3) is 0 Å². The SMILES string of the molecule is COC1CCC(c2ccc(F)cc2)([C@H](NC(=O)O)C(=O)Nc2cccc(F)c2CC[C@H]2CN[C@@H]3CCCS(O)(O)N2C3)CC1. The number of hydrogen-bond donors (Lipinski definition) is 6. The zero-order valence-corrected chi connectivity index (χ0v) is 25.6. The normalized spacial score (nSPS) is 29.6. The molecule has 1 aliphatic carbocycles. The quantitative estimate of drug-likeness (QED) is 0.223. The topological polar surface area (TPSA) is 143 Å². The van der Waals surface area contributed by atoms with E-state index in [-0.39, 0.29) is 35.9 Å². The fourth-order valence-electron chi connectivity index (χ4n) is 7.17. The van der Waals surface area contributed by atoms with Crippen LogP contribution >= 0.6 is 10.8 Å². The van der Waals surface area contributed by atoms with Crippen molar-refractivity contribution in [3.05, 3.63) is 65.2 Å². The van der Waals surface area contributed by atoms with Crippen molar-refractivity contribution >= 4 is 28.5 Å². The third kappa shape index (κ3) is 7.03. The molecule has 3 fully saturated rings. The Balaban J connectivity index is 1.40. The number of carboxylic acid groups (broad SMARTS) is 1. The molecule has 2 saturated heterocycles. The molecule has 2 aliphatic heterocycles. The van der Waals surface area contributed by atoms with Gasteiger partial charge in [-0.05, 0) is 81.2 Å². The van der Waals surface area contributed by atoms with Crippen molar-refractivity contribution in [2.24, 2.45) is 0 Å². The maximum absolute atomic E-state index is 15.3. The highest BCUT2D eigenvalue weighted by molar-refractivity contribution is 8.22.